The van der Waals surface area contributed by atoms with Gasteiger partial charge in [-0.05, 0) is 25.8 Å². The predicted molar refractivity (Wildman–Crippen MR) is 82.1 cm³/mol. The van der Waals surface area contributed by atoms with Gasteiger partial charge in [0, 0.05) is 36.1 Å². The summed E-state index contributed by atoms with van der Waals surface area (Å²) in [6.07, 6.45) is 3.73. The maximum atomic E-state index is 4.75. The van der Waals surface area contributed by atoms with Crippen LogP contribution in [0.5, 0.6) is 0 Å². The average Bonchev–Trinajstić information content (AvgIpc) is 2.98. The molecule has 108 valence electrons. The Hall–Kier alpha value is -0.680. The van der Waals surface area contributed by atoms with E-state index < -0.39 is 0 Å². The summed E-state index contributed by atoms with van der Waals surface area (Å²) in [5, 5.41) is 4.65. The smallest absolute Gasteiger partial charge is 0.205 e. The van der Waals surface area contributed by atoms with E-state index in [1.807, 2.05) is 0 Å². The molecule has 1 aromatic heterocycles. The molecule has 1 saturated heterocycles. The van der Waals surface area contributed by atoms with Gasteiger partial charge in [0.15, 0.2) is 0 Å². The topological polar surface area (TPSA) is 41.0 Å². The van der Waals surface area contributed by atoms with Gasteiger partial charge in [-0.25, -0.2) is 4.98 Å². The van der Waals surface area contributed by atoms with E-state index in [-0.39, 0.29) is 5.41 Å². The van der Waals surface area contributed by atoms with Crippen LogP contribution in [0.2, 0.25) is 0 Å². The lowest BCUT2D eigenvalue weighted by Crippen LogP contribution is -2.38. The lowest BCUT2D eigenvalue weighted by atomic mass is 9.96. The summed E-state index contributed by atoms with van der Waals surface area (Å²) in [7, 11) is 0. The third-order valence-corrected chi connectivity index (χ3v) is 4.23. The van der Waals surface area contributed by atoms with Gasteiger partial charge in [0.05, 0.1) is 0 Å². The molecule has 1 atom stereocenters. The third kappa shape index (κ3) is 3.89. The molecule has 0 spiro atoms. The number of anilines is 1. The van der Waals surface area contributed by atoms with Crippen LogP contribution in [-0.2, 0) is 5.41 Å². The summed E-state index contributed by atoms with van der Waals surface area (Å²) in [6.45, 7) is 12.0. The largest absolute Gasteiger partial charge is 0.345 e. The van der Waals surface area contributed by atoms with Crippen molar-refractivity contribution in [1.82, 2.24) is 14.7 Å². The Bertz CT molecular complexity index is 390. The van der Waals surface area contributed by atoms with Gasteiger partial charge in [0.25, 0.3) is 0 Å². The molecular weight excluding hydrogens is 256 g/mol. The molecule has 4 nitrogen and oxygen atoms in total. The van der Waals surface area contributed by atoms with E-state index in [1.54, 1.807) is 11.5 Å². The number of nitrogens with zero attached hydrogens (tertiary/aromatic N) is 3. The minimum atomic E-state index is 0.0399. The fraction of sp³-hybridized carbons (Fsp3) is 0.857. The summed E-state index contributed by atoms with van der Waals surface area (Å²) in [5.74, 6) is 0.966. The second-order valence-corrected chi connectivity index (χ2v) is 7.12. The molecule has 0 bridgehead atoms. The first-order valence-corrected chi connectivity index (χ1v) is 8.10. The first-order valence-electron chi connectivity index (χ1n) is 7.33. The van der Waals surface area contributed by atoms with E-state index in [0.29, 0.717) is 6.04 Å². The van der Waals surface area contributed by atoms with Crippen LogP contribution in [0.1, 0.15) is 52.8 Å². The predicted octanol–water partition coefficient (Wildman–Crippen LogP) is 2.80. The van der Waals surface area contributed by atoms with Gasteiger partial charge in [-0.1, -0.05) is 27.7 Å². The van der Waals surface area contributed by atoms with Crippen molar-refractivity contribution in [1.29, 1.82) is 0 Å². The Labute approximate surface area is 120 Å². The summed E-state index contributed by atoms with van der Waals surface area (Å²) >= 11 is 1.54. The van der Waals surface area contributed by atoms with Crippen LogP contribution in [-0.4, -0.2) is 35.0 Å². The molecule has 0 aliphatic carbocycles. The maximum absolute atomic E-state index is 4.75. The van der Waals surface area contributed by atoms with E-state index >= 15 is 0 Å². The van der Waals surface area contributed by atoms with Crippen LogP contribution >= 0.6 is 11.5 Å². The molecule has 1 aliphatic heterocycles. The van der Waals surface area contributed by atoms with Gasteiger partial charge >= 0.3 is 0 Å². The lowest BCUT2D eigenvalue weighted by molar-refractivity contribution is 0.550. The summed E-state index contributed by atoms with van der Waals surface area (Å²) in [5.41, 5.74) is 0.0399. The highest BCUT2D eigenvalue weighted by Crippen LogP contribution is 2.26. The fourth-order valence-electron chi connectivity index (χ4n) is 2.36. The molecule has 0 aromatic carbocycles. The fourth-order valence-corrected chi connectivity index (χ4v) is 3.25. The van der Waals surface area contributed by atoms with Crippen LogP contribution < -0.4 is 10.2 Å². The van der Waals surface area contributed by atoms with Crippen LogP contribution in [0, 0.1) is 0 Å². The van der Waals surface area contributed by atoms with Crippen LogP contribution in [0.25, 0.3) is 0 Å². The Morgan fingerprint density at radius 3 is 2.74 bits per heavy atom. The Morgan fingerprint density at radius 2 is 2.21 bits per heavy atom. The normalized spacial score (nSPS) is 19.9. The maximum Gasteiger partial charge on any atom is 0.205 e. The summed E-state index contributed by atoms with van der Waals surface area (Å²) in [4.78, 5) is 7.15. The highest BCUT2D eigenvalue weighted by Gasteiger charge is 2.23. The van der Waals surface area contributed by atoms with E-state index in [4.69, 9.17) is 4.98 Å². The molecule has 1 unspecified atom stereocenters. The Kier molecular flexibility index (Phi) is 4.79. The van der Waals surface area contributed by atoms with Gasteiger partial charge in [0.2, 0.25) is 5.13 Å². The molecule has 1 N–H and O–H groups in total. The Morgan fingerprint density at radius 1 is 1.42 bits per heavy atom. The van der Waals surface area contributed by atoms with Crippen molar-refractivity contribution < 1.29 is 0 Å². The molecule has 2 rings (SSSR count). The molecule has 1 aliphatic rings. The van der Waals surface area contributed by atoms with Crippen molar-refractivity contribution in [3.8, 4) is 0 Å². The van der Waals surface area contributed by atoms with Crippen molar-refractivity contribution in [3.05, 3.63) is 5.82 Å². The molecule has 2 heterocycles. The van der Waals surface area contributed by atoms with E-state index in [2.05, 4.69) is 42.3 Å². The van der Waals surface area contributed by atoms with Crippen LogP contribution in [0.15, 0.2) is 0 Å². The number of nitrogens with one attached hydrogen (secondary N) is 1. The van der Waals surface area contributed by atoms with Gasteiger partial charge in [-0.2, -0.15) is 4.37 Å². The second kappa shape index (κ2) is 6.18. The van der Waals surface area contributed by atoms with E-state index in [9.17, 15) is 0 Å². The summed E-state index contributed by atoms with van der Waals surface area (Å²) in [6, 6.07) is 0.619. The number of hydrogen-bond donors (Lipinski definition) is 1. The molecule has 1 fully saturated rings. The third-order valence-electron chi connectivity index (χ3n) is 3.45. The highest BCUT2D eigenvalue weighted by molar-refractivity contribution is 7.09. The minimum Gasteiger partial charge on any atom is -0.345 e. The van der Waals surface area contributed by atoms with Crippen LogP contribution in [0.3, 0.4) is 0 Å². The molecule has 5 heteroatoms. The van der Waals surface area contributed by atoms with Gasteiger partial charge < -0.3 is 10.2 Å². The first kappa shape index (κ1) is 14.7. The lowest BCUT2D eigenvalue weighted by Gasteiger charge is -2.24. The molecule has 1 aromatic rings. The molecule has 19 heavy (non-hydrogen) atoms. The zero-order valence-corrected chi connectivity index (χ0v) is 13.4. The second-order valence-electron chi connectivity index (χ2n) is 6.39. The monoisotopic (exact) mass is 282 g/mol. The number of rotatable bonds is 5. The molecule has 0 saturated carbocycles. The van der Waals surface area contributed by atoms with Crippen molar-refractivity contribution in [2.24, 2.45) is 0 Å². The van der Waals surface area contributed by atoms with Gasteiger partial charge in [-0.3, -0.25) is 0 Å². The summed E-state index contributed by atoms with van der Waals surface area (Å²) < 4.78 is 4.53. The van der Waals surface area contributed by atoms with Crippen molar-refractivity contribution in [2.75, 3.05) is 24.5 Å². The first-order chi connectivity index (χ1) is 9.00. The number of hydrogen-bond acceptors (Lipinski definition) is 5. The Balaban J connectivity index is 2.07. The highest BCUT2D eigenvalue weighted by atomic mass is 32.1. The minimum absolute atomic E-state index is 0.0399. The zero-order valence-electron chi connectivity index (χ0n) is 12.6. The van der Waals surface area contributed by atoms with E-state index in [0.717, 1.165) is 37.0 Å². The van der Waals surface area contributed by atoms with Crippen molar-refractivity contribution in [2.45, 2.75) is 58.4 Å². The molecular formula is C14H26N4S. The van der Waals surface area contributed by atoms with Crippen LogP contribution in [0.4, 0.5) is 5.13 Å². The van der Waals surface area contributed by atoms with Crippen molar-refractivity contribution >= 4 is 16.7 Å². The zero-order chi connectivity index (χ0) is 13.9. The van der Waals surface area contributed by atoms with Gasteiger partial charge in [0.1, 0.15) is 5.82 Å². The van der Waals surface area contributed by atoms with Gasteiger partial charge in [-0.15, -0.1) is 0 Å². The standard InChI is InChI=1S/C14H26N4S/c1-5-9-18(10-11-7-6-8-15-11)13-16-12(17-19-13)14(2,3)4/h11,15H,5-10H2,1-4H3. The van der Waals surface area contributed by atoms with E-state index in [1.165, 1.54) is 12.8 Å². The van der Waals surface area contributed by atoms with Crippen molar-refractivity contribution in [3.63, 3.8) is 0 Å². The SMILES string of the molecule is CCCN(CC1CCCN1)c1nc(C(C)(C)C)ns1. The average molecular weight is 282 g/mol. The molecule has 0 amide bonds. The number of aromatic nitrogens is 2. The quantitative estimate of drug-likeness (QED) is 0.901. The molecule has 0 radical (unpaired) electrons.